The van der Waals surface area contributed by atoms with Crippen molar-refractivity contribution in [3.8, 4) is 5.69 Å². The summed E-state index contributed by atoms with van der Waals surface area (Å²) < 4.78 is 1.77. The first-order valence-electron chi connectivity index (χ1n) is 6.97. The van der Waals surface area contributed by atoms with E-state index in [0.29, 0.717) is 0 Å². The predicted molar refractivity (Wildman–Crippen MR) is 86.8 cm³/mol. The topological polar surface area (TPSA) is 63.0 Å². The summed E-state index contributed by atoms with van der Waals surface area (Å²) in [6.45, 7) is 5.16. The smallest absolute Gasteiger partial charge is 0.138 e. The summed E-state index contributed by atoms with van der Waals surface area (Å²) in [6.07, 6.45) is 5.26. The molecule has 0 spiro atoms. The molecule has 0 bridgehead atoms. The number of hydrogen-bond donors (Lipinski definition) is 2. The molecule has 2 atom stereocenters. The van der Waals surface area contributed by atoms with E-state index < -0.39 is 0 Å². The Morgan fingerprint density at radius 3 is 2.81 bits per heavy atom. The fraction of sp³-hybridized carbons (Fsp3) is 0.467. The molecule has 0 aliphatic heterocycles. The molecule has 0 amide bonds. The van der Waals surface area contributed by atoms with E-state index in [-0.39, 0.29) is 17.9 Å². The third-order valence-electron chi connectivity index (χ3n) is 3.60. The van der Waals surface area contributed by atoms with Gasteiger partial charge in [0.15, 0.2) is 0 Å². The third-order valence-corrected chi connectivity index (χ3v) is 4.76. The van der Waals surface area contributed by atoms with Gasteiger partial charge >= 0.3 is 0 Å². The Bertz CT molecular complexity index is 555. The molecule has 2 aromatic rings. The van der Waals surface area contributed by atoms with Crippen LogP contribution in [0.3, 0.4) is 0 Å². The van der Waals surface area contributed by atoms with Crippen LogP contribution in [-0.2, 0) is 6.54 Å². The number of hydrogen-bond acceptors (Lipinski definition) is 5. The van der Waals surface area contributed by atoms with Gasteiger partial charge in [-0.25, -0.2) is 9.67 Å². The molecule has 21 heavy (non-hydrogen) atoms. The first-order valence-corrected chi connectivity index (χ1v) is 8.26. The molecule has 5 nitrogen and oxygen atoms in total. The summed E-state index contributed by atoms with van der Waals surface area (Å²) in [5.41, 5.74) is 3.43. The normalized spacial score (nSPS) is 14.1. The van der Waals surface area contributed by atoms with Gasteiger partial charge in [-0.3, -0.25) is 0 Å². The van der Waals surface area contributed by atoms with Gasteiger partial charge in [0.1, 0.15) is 12.7 Å². The molecule has 1 aromatic carbocycles. The van der Waals surface area contributed by atoms with Gasteiger partial charge in [0.25, 0.3) is 0 Å². The second-order valence-electron chi connectivity index (χ2n) is 5.09. The zero-order chi connectivity index (χ0) is 15.2. The van der Waals surface area contributed by atoms with E-state index in [2.05, 4.69) is 47.4 Å². The second kappa shape index (κ2) is 7.59. The van der Waals surface area contributed by atoms with E-state index >= 15 is 0 Å². The zero-order valence-electron chi connectivity index (χ0n) is 12.7. The number of nitrogens with one attached hydrogen (secondary N) is 1. The molecular weight excluding hydrogens is 284 g/mol. The van der Waals surface area contributed by atoms with Crippen molar-refractivity contribution >= 4 is 11.8 Å². The summed E-state index contributed by atoms with van der Waals surface area (Å²) in [6, 6.07) is 6.57. The zero-order valence-corrected chi connectivity index (χ0v) is 13.5. The van der Waals surface area contributed by atoms with Crippen molar-refractivity contribution in [1.82, 2.24) is 20.1 Å². The molecule has 1 aromatic heterocycles. The van der Waals surface area contributed by atoms with Crippen LogP contribution in [0.5, 0.6) is 0 Å². The fourth-order valence-corrected chi connectivity index (χ4v) is 2.92. The first kappa shape index (κ1) is 16.0. The van der Waals surface area contributed by atoms with Crippen molar-refractivity contribution in [3.05, 3.63) is 42.0 Å². The lowest BCUT2D eigenvalue weighted by atomic mass is 10.1. The van der Waals surface area contributed by atoms with Crippen LogP contribution in [0, 0.1) is 6.92 Å². The van der Waals surface area contributed by atoms with Crippen molar-refractivity contribution < 1.29 is 5.11 Å². The molecule has 0 aliphatic rings. The first-order chi connectivity index (χ1) is 10.2. The van der Waals surface area contributed by atoms with Crippen molar-refractivity contribution in [2.75, 3.05) is 12.9 Å². The Morgan fingerprint density at radius 1 is 1.43 bits per heavy atom. The summed E-state index contributed by atoms with van der Waals surface area (Å²) in [5.74, 6) is 0. The fourth-order valence-electron chi connectivity index (χ4n) is 2.26. The van der Waals surface area contributed by atoms with Crippen LogP contribution < -0.4 is 5.32 Å². The third kappa shape index (κ3) is 4.06. The van der Waals surface area contributed by atoms with Gasteiger partial charge in [-0.05, 0) is 37.3 Å². The van der Waals surface area contributed by atoms with Crippen LogP contribution in [0.2, 0.25) is 0 Å². The lowest BCUT2D eigenvalue weighted by molar-refractivity contribution is 0.276. The average molecular weight is 306 g/mol. The Labute approximate surface area is 129 Å². The standard InChI is InChI=1S/C15H22N4OS/c1-11-6-13(7-17-12(2)15(8-20)21-3)4-5-14(11)19-10-16-9-18-19/h4-6,9-10,12,15,17,20H,7-8H2,1-3H3. The van der Waals surface area contributed by atoms with E-state index in [1.807, 2.05) is 6.26 Å². The average Bonchev–Trinajstić information content (AvgIpc) is 3.00. The summed E-state index contributed by atoms with van der Waals surface area (Å²) in [5, 5.41) is 17.1. The van der Waals surface area contributed by atoms with Crippen molar-refractivity contribution in [2.45, 2.75) is 31.7 Å². The lowest BCUT2D eigenvalue weighted by Crippen LogP contribution is -2.37. The highest BCUT2D eigenvalue weighted by molar-refractivity contribution is 7.99. The van der Waals surface area contributed by atoms with Gasteiger partial charge in [0.05, 0.1) is 12.3 Å². The predicted octanol–water partition coefficient (Wildman–Crippen LogP) is 1.78. The molecule has 0 saturated carbocycles. The molecule has 0 aliphatic carbocycles. The van der Waals surface area contributed by atoms with E-state index in [1.54, 1.807) is 22.8 Å². The van der Waals surface area contributed by atoms with Gasteiger partial charge in [0, 0.05) is 17.8 Å². The maximum atomic E-state index is 9.30. The van der Waals surface area contributed by atoms with Crippen LogP contribution in [0.1, 0.15) is 18.1 Å². The van der Waals surface area contributed by atoms with Gasteiger partial charge < -0.3 is 10.4 Å². The Balaban J connectivity index is 2.01. The van der Waals surface area contributed by atoms with Crippen molar-refractivity contribution in [3.63, 3.8) is 0 Å². The molecule has 2 rings (SSSR count). The monoisotopic (exact) mass is 306 g/mol. The molecule has 0 radical (unpaired) electrons. The van der Waals surface area contributed by atoms with E-state index in [9.17, 15) is 5.11 Å². The number of aliphatic hydroxyl groups is 1. The number of rotatable bonds is 7. The van der Waals surface area contributed by atoms with Crippen LogP contribution in [-0.4, -0.2) is 44.0 Å². The lowest BCUT2D eigenvalue weighted by Gasteiger charge is -2.21. The Morgan fingerprint density at radius 2 is 2.24 bits per heavy atom. The second-order valence-corrected chi connectivity index (χ2v) is 6.16. The number of aliphatic hydroxyl groups excluding tert-OH is 1. The number of nitrogens with zero attached hydrogens (tertiary/aromatic N) is 3. The van der Waals surface area contributed by atoms with E-state index in [4.69, 9.17) is 0 Å². The Kier molecular flexibility index (Phi) is 5.78. The molecule has 1 heterocycles. The summed E-state index contributed by atoms with van der Waals surface area (Å²) >= 11 is 1.69. The Hall–Kier alpha value is -1.37. The SMILES string of the molecule is CSC(CO)C(C)NCc1ccc(-n2cncn2)c(C)c1. The van der Waals surface area contributed by atoms with Gasteiger partial charge in [-0.1, -0.05) is 12.1 Å². The number of aromatic nitrogens is 3. The van der Waals surface area contributed by atoms with Crippen LogP contribution >= 0.6 is 11.8 Å². The van der Waals surface area contributed by atoms with Crippen LogP contribution in [0.15, 0.2) is 30.9 Å². The van der Waals surface area contributed by atoms with Crippen LogP contribution in [0.4, 0.5) is 0 Å². The molecule has 6 heteroatoms. The highest BCUT2D eigenvalue weighted by Gasteiger charge is 2.14. The number of benzene rings is 1. The van der Waals surface area contributed by atoms with E-state index in [1.165, 1.54) is 11.9 Å². The molecule has 114 valence electrons. The maximum absolute atomic E-state index is 9.30. The quantitative estimate of drug-likeness (QED) is 0.816. The summed E-state index contributed by atoms with van der Waals surface area (Å²) in [7, 11) is 0. The van der Waals surface area contributed by atoms with Crippen LogP contribution in [0.25, 0.3) is 5.69 Å². The van der Waals surface area contributed by atoms with Gasteiger partial charge in [-0.15, -0.1) is 0 Å². The number of aryl methyl sites for hydroxylation is 1. The highest BCUT2D eigenvalue weighted by atomic mass is 32.2. The highest BCUT2D eigenvalue weighted by Crippen LogP contribution is 2.16. The summed E-state index contributed by atoms with van der Waals surface area (Å²) in [4.78, 5) is 3.97. The minimum absolute atomic E-state index is 0.194. The minimum atomic E-state index is 0.194. The largest absolute Gasteiger partial charge is 0.395 e. The molecule has 2 unspecified atom stereocenters. The molecule has 2 N–H and O–H groups in total. The van der Waals surface area contributed by atoms with Crippen molar-refractivity contribution in [2.24, 2.45) is 0 Å². The molecule has 0 fully saturated rings. The van der Waals surface area contributed by atoms with Crippen molar-refractivity contribution in [1.29, 1.82) is 0 Å². The molecular formula is C15H22N4OS. The minimum Gasteiger partial charge on any atom is -0.395 e. The maximum Gasteiger partial charge on any atom is 0.138 e. The van der Waals surface area contributed by atoms with Gasteiger partial charge in [0.2, 0.25) is 0 Å². The molecule has 0 saturated heterocycles. The van der Waals surface area contributed by atoms with E-state index in [0.717, 1.165) is 17.8 Å². The van der Waals surface area contributed by atoms with Gasteiger partial charge in [-0.2, -0.15) is 16.9 Å². The number of thioether (sulfide) groups is 1.